The Morgan fingerprint density at radius 3 is 3.00 bits per heavy atom. The van der Waals surface area contributed by atoms with E-state index in [0.717, 1.165) is 42.0 Å². The lowest BCUT2D eigenvalue weighted by atomic mass is 10.0. The second-order valence-corrected chi connectivity index (χ2v) is 5.33. The van der Waals surface area contributed by atoms with Gasteiger partial charge in [0.2, 0.25) is 0 Å². The van der Waals surface area contributed by atoms with Crippen LogP contribution in [0.15, 0.2) is 24.7 Å². The third kappa shape index (κ3) is 2.01. The van der Waals surface area contributed by atoms with Crippen LogP contribution in [0.3, 0.4) is 0 Å². The van der Waals surface area contributed by atoms with Crippen LogP contribution in [0.2, 0.25) is 0 Å². The fraction of sp³-hybridized carbons (Fsp3) is 0.267. The summed E-state index contributed by atoms with van der Waals surface area (Å²) >= 11 is 0. The van der Waals surface area contributed by atoms with E-state index in [4.69, 9.17) is 4.98 Å². The molecule has 3 aromatic heterocycles. The van der Waals surface area contributed by atoms with Gasteiger partial charge in [0, 0.05) is 18.3 Å². The zero-order valence-corrected chi connectivity index (χ0v) is 12.1. The van der Waals surface area contributed by atoms with Crippen LogP contribution in [0.4, 0.5) is 4.39 Å². The number of hydrogen-bond acceptors (Lipinski definition) is 4. The van der Waals surface area contributed by atoms with E-state index >= 15 is 0 Å². The molecule has 0 saturated carbocycles. The van der Waals surface area contributed by atoms with Crippen molar-refractivity contribution in [3.05, 3.63) is 41.9 Å². The maximum absolute atomic E-state index is 14.1. The third-order valence-electron chi connectivity index (χ3n) is 3.93. The molecule has 0 unspecified atom stereocenters. The summed E-state index contributed by atoms with van der Waals surface area (Å²) in [5, 5.41) is 14.3. The van der Waals surface area contributed by atoms with Gasteiger partial charge >= 0.3 is 0 Å². The first-order valence-corrected chi connectivity index (χ1v) is 7.19. The SMILES string of the molecule is Cc1n[nH]cc1-c1cn2ncc(F)c2c(C2=CCNCC2)n1. The molecule has 0 bridgehead atoms. The van der Waals surface area contributed by atoms with Gasteiger partial charge < -0.3 is 5.32 Å². The van der Waals surface area contributed by atoms with Gasteiger partial charge in [-0.05, 0) is 25.5 Å². The molecule has 3 aromatic rings. The van der Waals surface area contributed by atoms with Crippen molar-refractivity contribution in [1.29, 1.82) is 0 Å². The van der Waals surface area contributed by atoms with E-state index in [1.54, 1.807) is 16.9 Å². The molecule has 1 aliphatic rings. The maximum atomic E-state index is 14.1. The quantitative estimate of drug-likeness (QED) is 0.758. The fourth-order valence-corrected chi connectivity index (χ4v) is 2.79. The standard InChI is InChI=1S/C15H15FN6/c1-9-11(6-18-21-9)13-8-22-15(12(16)7-19-22)14(20-13)10-2-4-17-5-3-10/h2,6-8,17H,3-5H2,1H3,(H,18,21). The first kappa shape index (κ1) is 13.1. The molecule has 0 aliphatic carbocycles. The number of rotatable bonds is 2. The molecular formula is C15H15FN6. The van der Waals surface area contributed by atoms with Gasteiger partial charge in [-0.25, -0.2) is 13.9 Å². The van der Waals surface area contributed by atoms with Gasteiger partial charge in [0.25, 0.3) is 0 Å². The fourth-order valence-electron chi connectivity index (χ4n) is 2.79. The van der Waals surface area contributed by atoms with Crippen molar-refractivity contribution in [1.82, 2.24) is 30.1 Å². The smallest absolute Gasteiger partial charge is 0.171 e. The summed E-state index contributed by atoms with van der Waals surface area (Å²) in [6, 6.07) is 0. The molecule has 0 radical (unpaired) electrons. The number of nitrogens with one attached hydrogen (secondary N) is 2. The van der Waals surface area contributed by atoms with Crippen LogP contribution in [-0.4, -0.2) is 37.9 Å². The number of aromatic amines is 1. The summed E-state index contributed by atoms with van der Waals surface area (Å²) in [5.41, 5.74) is 4.62. The van der Waals surface area contributed by atoms with E-state index in [-0.39, 0.29) is 5.82 Å². The number of aryl methyl sites for hydroxylation is 1. The monoisotopic (exact) mass is 298 g/mol. The highest BCUT2D eigenvalue weighted by atomic mass is 19.1. The van der Waals surface area contributed by atoms with Gasteiger partial charge in [-0.2, -0.15) is 10.2 Å². The van der Waals surface area contributed by atoms with Crippen LogP contribution in [0.5, 0.6) is 0 Å². The Morgan fingerprint density at radius 1 is 1.36 bits per heavy atom. The van der Waals surface area contributed by atoms with E-state index in [2.05, 4.69) is 26.7 Å². The number of nitrogens with zero attached hydrogens (tertiary/aromatic N) is 4. The van der Waals surface area contributed by atoms with Crippen molar-refractivity contribution in [2.24, 2.45) is 0 Å². The predicted molar refractivity (Wildman–Crippen MR) is 80.7 cm³/mol. The molecule has 6 nitrogen and oxygen atoms in total. The Balaban J connectivity index is 1.98. The Labute approximate surface area is 126 Å². The minimum absolute atomic E-state index is 0.350. The highest BCUT2D eigenvalue weighted by Crippen LogP contribution is 2.28. The van der Waals surface area contributed by atoms with Crippen LogP contribution >= 0.6 is 0 Å². The van der Waals surface area contributed by atoms with Crippen LogP contribution in [-0.2, 0) is 0 Å². The number of hydrogen-bond donors (Lipinski definition) is 2. The van der Waals surface area contributed by atoms with Crippen molar-refractivity contribution in [3.63, 3.8) is 0 Å². The van der Waals surface area contributed by atoms with Gasteiger partial charge in [-0.15, -0.1) is 0 Å². The van der Waals surface area contributed by atoms with Crippen molar-refractivity contribution in [2.45, 2.75) is 13.3 Å². The summed E-state index contributed by atoms with van der Waals surface area (Å²) in [6.07, 6.45) is 7.64. The lowest BCUT2D eigenvalue weighted by molar-refractivity contribution is 0.638. The average molecular weight is 298 g/mol. The maximum Gasteiger partial charge on any atom is 0.171 e. The molecule has 1 aliphatic heterocycles. The highest BCUT2D eigenvalue weighted by molar-refractivity contribution is 5.78. The minimum Gasteiger partial charge on any atom is -0.313 e. The van der Waals surface area contributed by atoms with Crippen LogP contribution in [0, 0.1) is 12.7 Å². The first-order chi connectivity index (χ1) is 10.7. The van der Waals surface area contributed by atoms with Gasteiger partial charge in [0.1, 0.15) is 5.52 Å². The summed E-state index contributed by atoms with van der Waals surface area (Å²) in [6.45, 7) is 3.54. The zero-order valence-electron chi connectivity index (χ0n) is 12.1. The normalized spacial score (nSPS) is 15.3. The summed E-state index contributed by atoms with van der Waals surface area (Å²) in [4.78, 5) is 4.70. The van der Waals surface area contributed by atoms with E-state index in [0.29, 0.717) is 11.2 Å². The number of halogens is 1. The molecule has 4 rings (SSSR count). The lowest BCUT2D eigenvalue weighted by Crippen LogP contribution is -2.20. The van der Waals surface area contributed by atoms with Gasteiger partial charge in [0.15, 0.2) is 5.82 Å². The van der Waals surface area contributed by atoms with E-state index < -0.39 is 0 Å². The van der Waals surface area contributed by atoms with E-state index in [1.807, 2.05) is 6.92 Å². The van der Waals surface area contributed by atoms with E-state index in [9.17, 15) is 4.39 Å². The molecule has 112 valence electrons. The summed E-state index contributed by atoms with van der Waals surface area (Å²) in [7, 11) is 0. The molecule has 0 aromatic carbocycles. The van der Waals surface area contributed by atoms with Crippen LogP contribution in [0.1, 0.15) is 17.8 Å². The molecule has 2 N–H and O–H groups in total. The average Bonchev–Trinajstić information content (AvgIpc) is 3.14. The molecule has 0 amide bonds. The second kappa shape index (κ2) is 5.03. The van der Waals surface area contributed by atoms with Crippen LogP contribution in [0.25, 0.3) is 22.3 Å². The number of H-pyrrole nitrogens is 1. The Bertz CT molecular complexity index is 875. The molecule has 7 heteroatoms. The summed E-state index contributed by atoms with van der Waals surface area (Å²) in [5.74, 6) is -0.350. The second-order valence-electron chi connectivity index (χ2n) is 5.33. The Hall–Kier alpha value is -2.54. The number of aromatic nitrogens is 5. The molecule has 4 heterocycles. The molecule has 0 spiro atoms. The number of fused-ring (bicyclic) bond motifs is 1. The first-order valence-electron chi connectivity index (χ1n) is 7.19. The molecule has 0 saturated heterocycles. The van der Waals surface area contributed by atoms with E-state index in [1.165, 1.54) is 6.20 Å². The van der Waals surface area contributed by atoms with Crippen molar-refractivity contribution >= 4 is 11.1 Å². The predicted octanol–water partition coefficient (Wildman–Crippen LogP) is 1.94. The Morgan fingerprint density at radius 2 is 2.27 bits per heavy atom. The molecular weight excluding hydrogens is 283 g/mol. The highest BCUT2D eigenvalue weighted by Gasteiger charge is 2.18. The van der Waals surface area contributed by atoms with Crippen molar-refractivity contribution in [2.75, 3.05) is 13.1 Å². The third-order valence-corrected chi connectivity index (χ3v) is 3.93. The molecule has 0 atom stereocenters. The van der Waals surface area contributed by atoms with Gasteiger partial charge in [-0.1, -0.05) is 6.08 Å². The van der Waals surface area contributed by atoms with Crippen molar-refractivity contribution < 1.29 is 4.39 Å². The zero-order chi connectivity index (χ0) is 15.1. The van der Waals surface area contributed by atoms with Crippen LogP contribution < -0.4 is 5.32 Å². The Kier molecular flexibility index (Phi) is 3.00. The largest absolute Gasteiger partial charge is 0.313 e. The van der Waals surface area contributed by atoms with Gasteiger partial charge in [0.05, 0.1) is 29.5 Å². The summed E-state index contributed by atoms with van der Waals surface area (Å²) < 4.78 is 15.7. The topological polar surface area (TPSA) is 70.9 Å². The lowest BCUT2D eigenvalue weighted by Gasteiger charge is -2.15. The molecule has 22 heavy (non-hydrogen) atoms. The molecule has 0 fully saturated rings. The van der Waals surface area contributed by atoms with Crippen molar-refractivity contribution in [3.8, 4) is 11.3 Å². The minimum atomic E-state index is -0.350. The van der Waals surface area contributed by atoms with Gasteiger partial charge in [-0.3, -0.25) is 5.10 Å².